The van der Waals surface area contributed by atoms with E-state index in [0.717, 1.165) is 19.1 Å². The average molecular weight is 509 g/mol. The van der Waals surface area contributed by atoms with Crippen molar-refractivity contribution in [2.24, 2.45) is 5.41 Å². The number of amides is 1. The molecule has 0 aromatic heterocycles. The van der Waals surface area contributed by atoms with E-state index in [-0.39, 0.29) is 17.2 Å². The number of thiocarbonyl (C=S) groups is 1. The number of anilines is 1. The molecule has 1 atom stereocenters. The molecule has 1 aliphatic heterocycles. The van der Waals surface area contributed by atoms with Gasteiger partial charge in [-0.25, -0.2) is 8.78 Å². The van der Waals surface area contributed by atoms with E-state index in [2.05, 4.69) is 0 Å². The SMILES string of the molecule is CC1(C#N)CC=C(N2C(=O)C(C)(C)N(c3ccc(CCCC#N)c(F)c3)C2=S)C(F)=C1C(F)(F)F. The fraction of sp³-hybridized carbons (Fsp3) is 0.417. The van der Waals surface area contributed by atoms with Crippen LogP contribution < -0.4 is 4.90 Å². The van der Waals surface area contributed by atoms with Crippen molar-refractivity contribution in [2.75, 3.05) is 4.90 Å². The molecule has 0 radical (unpaired) electrons. The predicted octanol–water partition coefficient (Wildman–Crippen LogP) is 5.99. The maximum atomic E-state index is 15.3. The topological polar surface area (TPSA) is 71.1 Å². The fourth-order valence-electron chi connectivity index (χ4n) is 4.27. The van der Waals surface area contributed by atoms with Crippen LogP contribution in [0.5, 0.6) is 0 Å². The Balaban J connectivity index is 2.04. The number of halogens is 5. The number of hydrogen-bond donors (Lipinski definition) is 0. The van der Waals surface area contributed by atoms with Crippen molar-refractivity contribution >= 4 is 28.9 Å². The Morgan fingerprint density at radius 3 is 2.37 bits per heavy atom. The second kappa shape index (κ2) is 9.04. The third kappa shape index (κ3) is 4.41. The van der Waals surface area contributed by atoms with E-state index in [0.29, 0.717) is 23.3 Å². The van der Waals surface area contributed by atoms with Gasteiger partial charge in [-0.1, -0.05) is 12.1 Å². The van der Waals surface area contributed by atoms with Crippen molar-refractivity contribution in [3.05, 3.63) is 52.8 Å². The molecule has 3 rings (SSSR count). The highest BCUT2D eigenvalue weighted by atomic mass is 32.1. The molecule has 184 valence electrons. The van der Waals surface area contributed by atoms with Crippen LogP contribution in [-0.2, 0) is 11.2 Å². The monoisotopic (exact) mass is 508 g/mol. The first-order chi connectivity index (χ1) is 16.2. The van der Waals surface area contributed by atoms with Gasteiger partial charge in [-0.2, -0.15) is 23.7 Å². The zero-order chi connectivity index (χ0) is 26.3. The van der Waals surface area contributed by atoms with Crippen molar-refractivity contribution in [2.45, 2.75) is 58.2 Å². The number of aryl methyl sites for hydroxylation is 1. The number of allylic oxidation sites excluding steroid dienone is 3. The standard InChI is InChI=1S/C24H21F5N4OS/c1-22(2)20(34)32(17-9-10-23(3,13-31)19(18(17)26)24(27,28)29)21(35)33(22)15-8-7-14(16(25)12-15)6-4-5-11-30/h7-9,12H,4-6,10H2,1-3H3. The normalized spacial score (nSPS) is 22.3. The summed E-state index contributed by atoms with van der Waals surface area (Å²) in [6, 6.07) is 7.62. The summed E-state index contributed by atoms with van der Waals surface area (Å²) >= 11 is 5.38. The van der Waals surface area contributed by atoms with E-state index < -0.39 is 52.4 Å². The van der Waals surface area contributed by atoms with Gasteiger partial charge in [-0.05, 0) is 69.9 Å². The van der Waals surface area contributed by atoms with Crippen molar-refractivity contribution in [1.29, 1.82) is 10.5 Å². The molecular formula is C24H21F5N4OS. The number of alkyl halides is 3. The molecule has 0 N–H and O–H groups in total. The Hall–Kier alpha value is -3.31. The molecule has 5 nitrogen and oxygen atoms in total. The quantitative estimate of drug-likeness (QED) is 0.278. The summed E-state index contributed by atoms with van der Waals surface area (Å²) in [5.74, 6) is -3.15. The molecular weight excluding hydrogens is 487 g/mol. The molecule has 1 amide bonds. The zero-order valence-corrected chi connectivity index (χ0v) is 19.9. The van der Waals surface area contributed by atoms with Crippen molar-refractivity contribution in [3.8, 4) is 12.1 Å². The van der Waals surface area contributed by atoms with Crippen molar-refractivity contribution in [1.82, 2.24) is 4.90 Å². The maximum absolute atomic E-state index is 15.3. The smallest absolute Gasteiger partial charge is 0.303 e. The molecule has 1 aliphatic carbocycles. The first-order valence-corrected chi connectivity index (χ1v) is 11.0. The Bertz CT molecular complexity index is 1240. The summed E-state index contributed by atoms with van der Waals surface area (Å²) in [6.07, 6.45) is -3.56. The van der Waals surface area contributed by atoms with Crippen LogP contribution in [-0.4, -0.2) is 27.6 Å². The lowest BCUT2D eigenvalue weighted by molar-refractivity contribution is -0.128. The maximum Gasteiger partial charge on any atom is 0.417 e. The number of rotatable bonds is 5. The highest BCUT2D eigenvalue weighted by molar-refractivity contribution is 7.80. The van der Waals surface area contributed by atoms with E-state index >= 15 is 4.39 Å². The second-order valence-electron chi connectivity index (χ2n) is 9.03. The number of nitriles is 2. The molecule has 0 saturated carbocycles. The van der Waals surface area contributed by atoms with Crippen molar-refractivity contribution < 1.29 is 26.7 Å². The highest BCUT2D eigenvalue weighted by Crippen LogP contribution is 2.50. The third-order valence-electron chi connectivity index (χ3n) is 6.17. The van der Waals surface area contributed by atoms with Crippen LogP contribution in [0.3, 0.4) is 0 Å². The van der Waals surface area contributed by atoms with Gasteiger partial charge in [0.1, 0.15) is 11.4 Å². The first kappa shape index (κ1) is 26.3. The van der Waals surface area contributed by atoms with Gasteiger partial charge in [0.25, 0.3) is 5.91 Å². The van der Waals surface area contributed by atoms with Gasteiger partial charge in [0.2, 0.25) is 0 Å². The van der Waals surface area contributed by atoms with Crippen LogP contribution in [0.2, 0.25) is 0 Å². The Labute approximate surface area is 204 Å². The van der Waals surface area contributed by atoms with Gasteiger partial charge in [0.15, 0.2) is 10.9 Å². The highest BCUT2D eigenvalue weighted by Gasteiger charge is 2.56. The number of carbonyl (C=O) groups is 1. The minimum atomic E-state index is -5.15. The van der Waals surface area contributed by atoms with Crippen LogP contribution in [0, 0.1) is 33.9 Å². The van der Waals surface area contributed by atoms with Gasteiger partial charge in [-0.3, -0.25) is 9.69 Å². The predicted molar refractivity (Wildman–Crippen MR) is 122 cm³/mol. The number of nitrogens with zero attached hydrogens (tertiary/aromatic N) is 4. The first-order valence-electron chi connectivity index (χ1n) is 10.6. The lowest BCUT2D eigenvalue weighted by Gasteiger charge is -2.32. The van der Waals surface area contributed by atoms with Crippen molar-refractivity contribution in [3.63, 3.8) is 0 Å². The molecule has 1 saturated heterocycles. The minimum absolute atomic E-state index is 0.163. The number of unbranched alkanes of at least 4 members (excludes halogenated alkanes) is 1. The molecule has 11 heteroatoms. The molecule has 2 aliphatic rings. The number of hydrogen-bond acceptors (Lipinski definition) is 4. The Kier molecular flexibility index (Phi) is 6.80. The van der Waals surface area contributed by atoms with Gasteiger partial charge in [0, 0.05) is 12.1 Å². The lowest BCUT2D eigenvalue weighted by atomic mass is 9.76. The Morgan fingerprint density at radius 1 is 1.17 bits per heavy atom. The summed E-state index contributed by atoms with van der Waals surface area (Å²) < 4.78 is 71.3. The third-order valence-corrected chi connectivity index (χ3v) is 6.53. The molecule has 0 spiro atoms. The Morgan fingerprint density at radius 2 is 1.83 bits per heavy atom. The van der Waals surface area contributed by atoms with Gasteiger partial charge < -0.3 is 4.90 Å². The van der Waals surface area contributed by atoms with Gasteiger partial charge in [0.05, 0.1) is 28.8 Å². The average Bonchev–Trinajstić information content (AvgIpc) is 2.93. The minimum Gasteiger partial charge on any atom is -0.303 e. The van der Waals surface area contributed by atoms with Gasteiger partial charge in [-0.15, -0.1) is 0 Å². The van der Waals surface area contributed by atoms with Crippen LogP contribution in [0.25, 0.3) is 0 Å². The van der Waals surface area contributed by atoms with E-state index in [9.17, 15) is 27.6 Å². The van der Waals surface area contributed by atoms with Crippen LogP contribution in [0.1, 0.15) is 45.6 Å². The lowest BCUT2D eigenvalue weighted by Crippen LogP contribution is -2.44. The van der Waals surface area contributed by atoms with E-state index in [1.54, 1.807) is 0 Å². The van der Waals surface area contributed by atoms with E-state index in [1.807, 2.05) is 6.07 Å². The molecule has 35 heavy (non-hydrogen) atoms. The number of benzene rings is 1. The summed E-state index contributed by atoms with van der Waals surface area (Å²) in [7, 11) is 0. The van der Waals surface area contributed by atoms with Crippen LogP contribution in [0.4, 0.5) is 27.6 Å². The second-order valence-corrected chi connectivity index (χ2v) is 9.39. The summed E-state index contributed by atoms with van der Waals surface area (Å²) in [6.45, 7) is 3.86. The molecule has 1 heterocycles. The zero-order valence-electron chi connectivity index (χ0n) is 19.1. The van der Waals surface area contributed by atoms with Crippen LogP contribution >= 0.6 is 12.2 Å². The van der Waals surface area contributed by atoms with E-state index in [4.69, 9.17) is 17.5 Å². The largest absolute Gasteiger partial charge is 0.417 e. The fourth-order valence-corrected chi connectivity index (χ4v) is 4.78. The summed E-state index contributed by atoms with van der Waals surface area (Å²) in [5.41, 5.74) is -5.49. The molecule has 0 bridgehead atoms. The summed E-state index contributed by atoms with van der Waals surface area (Å²) in [4.78, 5) is 15.2. The molecule has 1 aromatic carbocycles. The molecule has 1 aromatic rings. The van der Waals surface area contributed by atoms with Gasteiger partial charge >= 0.3 is 6.18 Å². The molecule has 1 unspecified atom stereocenters. The van der Waals surface area contributed by atoms with E-state index in [1.165, 1.54) is 36.9 Å². The number of carbonyl (C=O) groups excluding carboxylic acids is 1. The summed E-state index contributed by atoms with van der Waals surface area (Å²) in [5, 5.41) is 17.6. The van der Waals surface area contributed by atoms with Crippen LogP contribution in [0.15, 0.2) is 41.4 Å². The molecule has 1 fully saturated rings.